The molecule has 20 heavy (non-hydrogen) atoms. The number of carbonyl (C=O) groups excluding carboxylic acids is 1. The van der Waals surface area contributed by atoms with Gasteiger partial charge in [-0.15, -0.1) is 0 Å². The third-order valence-corrected chi connectivity index (χ3v) is 3.17. The molecular formula is C13H10ClN5O. The maximum Gasteiger partial charge on any atom is 0.253 e. The number of fused-ring (bicyclic) bond motifs is 1. The van der Waals surface area contributed by atoms with E-state index in [1.807, 2.05) is 24.3 Å². The summed E-state index contributed by atoms with van der Waals surface area (Å²) in [7, 11) is 0. The van der Waals surface area contributed by atoms with Crippen molar-refractivity contribution in [2.45, 2.75) is 6.54 Å². The number of benzene rings is 1. The Labute approximate surface area is 119 Å². The second-order valence-corrected chi connectivity index (χ2v) is 4.48. The first-order chi connectivity index (χ1) is 9.75. The SMILES string of the molecule is O=C(NCc1ncn[nH]1)c1cnc(Cl)c2ccccc12. The Kier molecular flexibility index (Phi) is 3.30. The molecule has 6 nitrogen and oxygen atoms in total. The van der Waals surface area contributed by atoms with Gasteiger partial charge >= 0.3 is 0 Å². The lowest BCUT2D eigenvalue weighted by Crippen LogP contribution is -2.23. The molecule has 2 aromatic heterocycles. The van der Waals surface area contributed by atoms with Gasteiger partial charge in [-0.25, -0.2) is 9.97 Å². The van der Waals surface area contributed by atoms with E-state index in [1.54, 1.807) is 0 Å². The number of hydrogen-bond donors (Lipinski definition) is 2. The van der Waals surface area contributed by atoms with Gasteiger partial charge in [0, 0.05) is 11.6 Å². The normalized spacial score (nSPS) is 10.7. The maximum atomic E-state index is 12.2. The van der Waals surface area contributed by atoms with Gasteiger partial charge in [0.15, 0.2) is 0 Å². The van der Waals surface area contributed by atoms with Crippen molar-refractivity contribution in [1.82, 2.24) is 25.5 Å². The molecule has 0 aliphatic rings. The van der Waals surface area contributed by atoms with Gasteiger partial charge in [0.1, 0.15) is 17.3 Å². The van der Waals surface area contributed by atoms with Crippen molar-refractivity contribution < 1.29 is 4.79 Å². The van der Waals surface area contributed by atoms with Gasteiger partial charge in [0.05, 0.1) is 12.1 Å². The van der Waals surface area contributed by atoms with Crippen LogP contribution in [0.25, 0.3) is 10.8 Å². The summed E-state index contributed by atoms with van der Waals surface area (Å²) in [6.45, 7) is 0.274. The van der Waals surface area contributed by atoms with E-state index in [4.69, 9.17) is 11.6 Å². The first kappa shape index (κ1) is 12.6. The van der Waals surface area contributed by atoms with E-state index in [2.05, 4.69) is 25.5 Å². The van der Waals surface area contributed by atoms with Crippen LogP contribution in [0, 0.1) is 0 Å². The quantitative estimate of drug-likeness (QED) is 0.721. The Morgan fingerprint density at radius 1 is 1.25 bits per heavy atom. The third-order valence-electron chi connectivity index (χ3n) is 2.87. The van der Waals surface area contributed by atoms with E-state index < -0.39 is 0 Å². The van der Waals surface area contributed by atoms with E-state index in [0.29, 0.717) is 16.5 Å². The first-order valence-electron chi connectivity index (χ1n) is 5.91. The molecule has 3 aromatic rings. The van der Waals surface area contributed by atoms with E-state index in [0.717, 1.165) is 10.8 Å². The molecule has 0 saturated heterocycles. The van der Waals surface area contributed by atoms with Crippen molar-refractivity contribution in [1.29, 1.82) is 0 Å². The van der Waals surface area contributed by atoms with Crippen LogP contribution in [0.15, 0.2) is 36.8 Å². The molecule has 0 radical (unpaired) electrons. The highest BCUT2D eigenvalue weighted by atomic mass is 35.5. The molecule has 7 heteroatoms. The Morgan fingerprint density at radius 3 is 2.80 bits per heavy atom. The zero-order valence-electron chi connectivity index (χ0n) is 10.3. The summed E-state index contributed by atoms with van der Waals surface area (Å²) >= 11 is 6.03. The first-order valence-corrected chi connectivity index (χ1v) is 6.29. The number of halogens is 1. The van der Waals surface area contributed by atoms with Crippen LogP contribution < -0.4 is 5.32 Å². The summed E-state index contributed by atoms with van der Waals surface area (Å²) in [5.74, 6) is 0.353. The van der Waals surface area contributed by atoms with Crippen LogP contribution in [0.2, 0.25) is 5.15 Å². The van der Waals surface area contributed by atoms with Gasteiger partial charge in [-0.2, -0.15) is 5.10 Å². The summed E-state index contributed by atoms with van der Waals surface area (Å²) in [5.41, 5.74) is 0.476. The van der Waals surface area contributed by atoms with Crippen LogP contribution in [-0.2, 0) is 6.54 Å². The van der Waals surface area contributed by atoms with Crippen LogP contribution >= 0.6 is 11.6 Å². The van der Waals surface area contributed by atoms with E-state index >= 15 is 0 Å². The van der Waals surface area contributed by atoms with Crippen molar-refractivity contribution in [3.8, 4) is 0 Å². The summed E-state index contributed by atoms with van der Waals surface area (Å²) in [4.78, 5) is 20.2. The predicted octanol–water partition coefficient (Wildman–Crippen LogP) is 1.94. The number of aromatic amines is 1. The highest BCUT2D eigenvalue weighted by molar-refractivity contribution is 6.34. The minimum Gasteiger partial charge on any atom is -0.345 e. The number of amides is 1. The molecule has 0 spiro atoms. The number of nitrogens with one attached hydrogen (secondary N) is 2. The van der Waals surface area contributed by atoms with Crippen molar-refractivity contribution in [3.05, 3.63) is 53.3 Å². The Bertz CT molecular complexity index is 757. The van der Waals surface area contributed by atoms with E-state index in [-0.39, 0.29) is 12.5 Å². The second kappa shape index (κ2) is 5.26. The highest BCUT2D eigenvalue weighted by Crippen LogP contribution is 2.24. The van der Waals surface area contributed by atoms with Gasteiger partial charge in [0.25, 0.3) is 5.91 Å². The molecule has 0 bridgehead atoms. The minimum absolute atomic E-state index is 0.234. The van der Waals surface area contributed by atoms with Crippen molar-refractivity contribution in [3.63, 3.8) is 0 Å². The molecule has 0 unspecified atom stereocenters. The molecule has 0 saturated carbocycles. The van der Waals surface area contributed by atoms with Crippen molar-refractivity contribution >= 4 is 28.3 Å². The lowest BCUT2D eigenvalue weighted by Gasteiger charge is -2.07. The number of carbonyl (C=O) groups is 1. The van der Waals surface area contributed by atoms with Crippen LogP contribution in [-0.4, -0.2) is 26.1 Å². The van der Waals surface area contributed by atoms with Crippen LogP contribution in [0.5, 0.6) is 0 Å². The molecule has 0 aliphatic heterocycles. The smallest absolute Gasteiger partial charge is 0.253 e. The summed E-state index contributed by atoms with van der Waals surface area (Å²) in [6, 6.07) is 7.38. The van der Waals surface area contributed by atoms with Gasteiger partial charge in [-0.1, -0.05) is 35.9 Å². The van der Waals surface area contributed by atoms with E-state index in [1.165, 1.54) is 12.5 Å². The average molecular weight is 288 g/mol. The molecule has 0 aliphatic carbocycles. The van der Waals surface area contributed by atoms with Crippen LogP contribution in [0.1, 0.15) is 16.2 Å². The summed E-state index contributed by atoms with van der Waals surface area (Å²) in [5, 5.41) is 11.1. The lowest BCUT2D eigenvalue weighted by molar-refractivity contribution is 0.0951. The standard InChI is InChI=1S/C13H10ClN5O/c14-12-9-4-2-1-3-8(9)10(5-15-12)13(20)16-6-11-17-7-18-19-11/h1-5,7H,6H2,(H,16,20)(H,17,18,19). The molecule has 3 rings (SSSR count). The molecule has 0 fully saturated rings. The van der Waals surface area contributed by atoms with Gasteiger partial charge in [0.2, 0.25) is 0 Å². The number of hydrogen-bond acceptors (Lipinski definition) is 4. The fourth-order valence-corrected chi connectivity index (χ4v) is 2.13. The van der Waals surface area contributed by atoms with Crippen LogP contribution in [0.4, 0.5) is 0 Å². The molecule has 2 N–H and O–H groups in total. The molecule has 2 heterocycles. The molecular weight excluding hydrogens is 278 g/mol. The lowest BCUT2D eigenvalue weighted by atomic mass is 10.1. The molecule has 100 valence electrons. The van der Waals surface area contributed by atoms with Crippen molar-refractivity contribution in [2.75, 3.05) is 0 Å². The topological polar surface area (TPSA) is 83.6 Å². The monoisotopic (exact) mass is 287 g/mol. The maximum absolute atomic E-state index is 12.2. The highest BCUT2D eigenvalue weighted by Gasteiger charge is 2.12. The van der Waals surface area contributed by atoms with Gasteiger partial charge in [-0.05, 0) is 5.39 Å². The third kappa shape index (κ3) is 2.33. The Hall–Kier alpha value is -2.47. The Morgan fingerprint density at radius 2 is 2.05 bits per heavy atom. The number of nitrogens with zero attached hydrogens (tertiary/aromatic N) is 3. The van der Waals surface area contributed by atoms with Crippen LogP contribution in [0.3, 0.4) is 0 Å². The van der Waals surface area contributed by atoms with E-state index in [9.17, 15) is 4.79 Å². The largest absolute Gasteiger partial charge is 0.345 e. The zero-order valence-corrected chi connectivity index (χ0v) is 11.1. The zero-order chi connectivity index (χ0) is 13.9. The molecule has 1 amide bonds. The number of pyridine rings is 1. The summed E-state index contributed by atoms with van der Waals surface area (Å²) in [6.07, 6.45) is 2.86. The second-order valence-electron chi connectivity index (χ2n) is 4.12. The van der Waals surface area contributed by atoms with Crippen molar-refractivity contribution in [2.24, 2.45) is 0 Å². The molecule has 1 aromatic carbocycles. The minimum atomic E-state index is -0.234. The number of H-pyrrole nitrogens is 1. The fraction of sp³-hybridized carbons (Fsp3) is 0.0769. The molecule has 0 atom stereocenters. The Balaban J connectivity index is 1.90. The predicted molar refractivity (Wildman–Crippen MR) is 74.3 cm³/mol. The van der Waals surface area contributed by atoms with Gasteiger partial charge in [-0.3, -0.25) is 9.89 Å². The number of aromatic nitrogens is 4. The fourth-order valence-electron chi connectivity index (χ4n) is 1.91. The van der Waals surface area contributed by atoms with Gasteiger partial charge < -0.3 is 5.32 Å². The summed E-state index contributed by atoms with van der Waals surface area (Å²) < 4.78 is 0. The average Bonchev–Trinajstić information content (AvgIpc) is 2.99. The number of rotatable bonds is 3.